The molecule has 3 heterocycles. The maximum atomic E-state index is 2.46. The second-order valence-electron chi connectivity index (χ2n) is 12.6. The summed E-state index contributed by atoms with van der Waals surface area (Å²) in [5.74, 6) is 0. The van der Waals surface area contributed by atoms with Gasteiger partial charge in [0.05, 0.1) is 0 Å². The van der Waals surface area contributed by atoms with Crippen LogP contribution in [0.25, 0.3) is 0 Å². The fourth-order valence-corrected chi connectivity index (χ4v) is 8.65. The summed E-state index contributed by atoms with van der Waals surface area (Å²) in [4.78, 5) is 7.23. The van der Waals surface area contributed by atoms with Crippen LogP contribution in [0.15, 0.2) is 163 Å². The monoisotopic (exact) mass is 625 g/mol. The lowest BCUT2D eigenvalue weighted by Crippen LogP contribution is -2.20. The van der Waals surface area contributed by atoms with Crippen molar-refractivity contribution in [2.24, 2.45) is 0 Å². The number of nitrogens with zero attached hydrogens (tertiary/aromatic N) is 3. The molecule has 0 unspecified atom stereocenters. The molecule has 0 aliphatic carbocycles. The van der Waals surface area contributed by atoms with E-state index in [-0.39, 0.29) is 7.92 Å². The van der Waals surface area contributed by atoms with E-state index in [0.29, 0.717) is 0 Å². The first-order valence-electron chi connectivity index (χ1n) is 16.9. The molecule has 0 amide bonds. The van der Waals surface area contributed by atoms with Gasteiger partial charge in [-0.25, -0.2) is 0 Å². The van der Waals surface area contributed by atoms with Crippen molar-refractivity contribution >= 4 is 7.92 Å². The van der Waals surface area contributed by atoms with Gasteiger partial charge in [0.25, 0.3) is 0 Å². The van der Waals surface area contributed by atoms with Crippen molar-refractivity contribution in [2.45, 2.75) is 38.9 Å². The highest BCUT2D eigenvalue weighted by atomic mass is 31.1. The maximum Gasteiger partial charge on any atom is 0.0427 e. The van der Waals surface area contributed by atoms with E-state index < -0.39 is 0 Å². The lowest BCUT2D eigenvalue weighted by atomic mass is 10.1. The molecule has 4 heteroatoms. The lowest BCUT2D eigenvalue weighted by Gasteiger charge is -2.26. The molecule has 3 aromatic carbocycles. The average molecular weight is 626 g/mol. The molecule has 0 radical (unpaired) electrons. The van der Waals surface area contributed by atoms with E-state index in [1.807, 2.05) is 0 Å². The molecule has 0 N–H and O–H groups in total. The minimum Gasteiger partial charge on any atom is -0.369 e. The minimum atomic E-state index is -0.0527. The molecular formula is C42H48N3P. The summed E-state index contributed by atoms with van der Waals surface area (Å²) in [5.41, 5.74) is 8.65. The Hall–Kier alpha value is -4.07. The largest absolute Gasteiger partial charge is 0.369 e. The predicted octanol–water partition coefficient (Wildman–Crippen LogP) is 9.51. The van der Waals surface area contributed by atoms with E-state index >= 15 is 0 Å². The van der Waals surface area contributed by atoms with Crippen molar-refractivity contribution in [1.29, 1.82) is 0 Å². The summed E-state index contributed by atoms with van der Waals surface area (Å²) in [6, 6.07) is 32.4. The van der Waals surface area contributed by atoms with E-state index in [0.717, 1.165) is 39.3 Å². The van der Waals surface area contributed by atoms with Crippen molar-refractivity contribution in [3.05, 3.63) is 179 Å². The van der Waals surface area contributed by atoms with E-state index in [2.05, 4.69) is 161 Å². The standard InChI is InChI=1S/C42H48N3P/c1-4-10-40(11-5-1)34-43-25-16-37(17-26-43)22-31-46(32-23-38-18-27-44(28-19-38)35-41-12-6-2-7-13-41)33-24-39-20-29-45(30-21-39)36-42-14-8-3-9-15-42/h1-21,25,27,29H,22-24,26,28,30-36H2. The van der Waals surface area contributed by atoms with Crippen molar-refractivity contribution in [2.75, 3.05) is 38.1 Å². The summed E-state index contributed by atoms with van der Waals surface area (Å²) in [7, 11) is -0.0527. The summed E-state index contributed by atoms with van der Waals surface area (Å²) in [6.45, 7) is 5.95. The van der Waals surface area contributed by atoms with E-state index in [1.54, 1.807) is 0 Å². The highest BCUT2D eigenvalue weighted by Gasteiger charge is 2.15. The first kappa shape index (κ1) is 31.9. The van der Waals surface area contributed by atoms with Gasteiger partial charge >= 0.3 is 0 Å². The molecule has 6 rings (SSSR count). The summed E-state index contributed by atoms with van der Waals surface area (Å²) in [6.07, 6.45) is 28.9. The number of hydrogen-bond acceptors (Lipinski definition) is 3. The van der Waals surface area contributed by atoms with E-state index in [1.165, 1.54) is 71.2 Å². The molecule has 3 aliphatic rings. The van der Waals surface area contributed by atoms with Gasteiger partial charge in [-0.15, -0.1) is 7.92 Å². The first-order chi connectivity index (χ1) is 22.7. The molecule has 0 fully saturated rings. The molecule has 0 spiro atoms. The number of hydrogen-bond donors (Lipinski definition) is 0. The number of allylic oxidation sites excluding steroid dienone is 6. The van der Waals surface area contributed by atoms with Crippen LogP contribution in [0, 0.1) is 0 Å². The number of rotatable bonds is 15. The van der Waals surface area contributed by atoms with Crippen LogP contribution in [0.2, 0.25) is 0 Å². The number of benzene rings is 3. The summed E-state index contributed by atoms with van der Waals surface area (Å²) in [5, 5.41) is 0. The van der Waals surface area contributed by atoms with Crippen molar-refractivity contribution in [1.82, 2.24) is 14.7 Å². The molecular weight excluding hydrogens is 577 g/mol. The molecule has 0 aromatic heterocycles. The van der Waals surface area contributed by atoms with Gasteiger partial charge in [0.15, 0.2) is 0 Å². The van der Waals surface area contributed by atoms with Crippen LogP contribution < -0.4 is 0 Å². The smallest absolute Gasteiger partial charge is 0.0427 e. The quantitative estimate of drug-likeness (QED) is 0.156. The lowest BCUT2D eigenvalue weighted by molar-refractivity contribution is 0.403. The van der Waals surface area contributed by atoms with E-state index in [9.17, 15) is 0 Å². The Morgan fingerprint density at radius 3 is 0.978 bits per heavy atom. The average Bonchev–Trinajstić information content (AvgIpc) is 3.11. The molecule has 3 nitrogen and oxygen atoms in total. The zero-order valence-electron chi connectivity index (χ0n) is 27.1. The Bertz CT molecular complexity index is 1360. The SMILES string of the molecule is C1=CN(Cc2ccccc2)CC=C1CCP(CCC1=CCN(Cc2ccccc2)C=C1)CCC1=CCN(Cc2ccccc2)C=C1. The topological polar surface area (TPSA) is 9.72 Å². The normalized spacial score (nSPS) is 16.1. The van der Waals surface area contributed by atoms with Gasteiger partial charge in [0.1, 0.15) is 0 Å². The van der Waals surface area contributed by atoms with Gasteiger partial charge < -0.3 is 14.7 Å². The van der Waals surface area contributed by atoms with Crippen LogP contribution >= 0.6 is 7.92 Å². The second-order valence-corrected chi connectivity index (χ2v) is 15.3. The van der Waals surface area contributed by atoms with Crippen LogP contribution in [-0.4, -0.2) is 52.8 Å². The third-order valence-corrected chi connectivity index (χ3v) is 11.7. The molecule has 0 saturated carbocycles. The second kappa shape index (κ2) is 17.0. The van der Waals surface area contributed by atoms with Crippen molar-refractivity contribution in [3.8, 4) is 0 Å². The van der Waals surface area contributed by atoms with Gasteiger partial charge in [-0.2, -0.15) is 0 Å². The fraction of sp³-hybridized carbons (Fsp3) is 0.286. The minimum absolute atomic E-state index is 0.0527. The Labute approximate surface area is 278 Å². The Kier molecular flexibility index (Phi) is 11.8. The zero-order chi connectivity index (χ0) is 31.2. The third-order valence-electron chi connectivity index (χ3n) is 9.10. The Morgan fingerprint density at radius 2 is 0.717 bits per heavy atom. The molecule has 3 aromatic rings. The molecule has 0 saturated heterocycles. The van der Waals surface area contributed by atoms with Gasteiger partial charge in [-0.3, -0.25) is 0 Å². The Balaban J connectivity index is 0.998. The molecule has 46 heavy (non-hydrogen) atoms. The predicted molar refractivity (Wildman–Crippen MR) is 198 cm³/mol. The first-order valence-corrected chi connectivity index (χ1v) is 18.8. The third kappa shape index (κ3) is 10.2. The molecule has 0 atom stereocenters. The van der Waals surface area contributed by atoms with Crippen LogP contribution in [-0.2, 0) is 19.6 Å². The van der Waals surface area contributed by atoms with Crippen molar-refractivity contribution in [3.63, 3.8) is 0 Å². The zero-order valence-corrected chi connectivity index (χ0v) is 28.0. The van der Waals surface area contributed by atoms with Crippen LogP contribution in [0.1, 0.15) is 36.0 Å². The van der Waals surface area contributed by atoms with Crippen LogP contribution in [0.4, 0.5) is 0 Å². The van der Waals surface area contributed by atoms with Gasteiger partial charge in [0.2, 0.25) is 0 Å². The summed E-state index contributed by atoms with van der Waals surface area (Å²) >= 11 is 0. The molecule has 3 aliphatic heterocycles. The maximum absolute atomic E-state index is 2.46. The molecule has 0 bridgehead atoms. The van der Waals surface area contributed by atoms with E-state index in [4.69, 9.17) is 0 Å². The van der Waals surface area contributed by atoms with Gasteiger partial charge in [0, 0.05) is 39.3 Å². The van der Waals surface area contributed by atoms with Crippen LogP contribution in [0.5, 0.6) is 0 Å². The highest BCUT2D eigenvalue weighted by molar-refractivity contribution is 7.57. The highest BCUT2D eigenvalue weighted by Crippen LogP contribution is 2.41. The van der Waals surface area contributed by atoms with Gasteiger partial charge in [-0.1, -0.05) is 109 Å². The Morgan fingerprint density at radius 1 is 0.413 bits per heavy atom. The van der Waals surface area contributed by atoms with Crippen LogP contribution in [0.3, 0.4) is 0 Å². The van der Waals surface area contributed by atoms with Gasteiger partial charge in [-0.05, 0) is 108 Å². The summed E-state index contributed by atoms with van der Waals surface area (Å²) < 4.78 is 0. The fourth-order valence-electron chi connectivity index (χ4n) is 6.25. The molecule has 236 valence electrons. The van der Waals surface area contributed by atoms with Crippen molar-refractivity contribution < 1.29 is 0 Å².